The van der Waals surface area contributed by atoms with Crippen LogP contribution in [-0.4, -0.2) is 25.4 Å². The van der Waals surface area contributed by atoms with Crippen LogP contribution in [0.3, 0.4) is 0 Å². The van der Waals surface area contributed by atoms with Gasteiger partial charge in [0.2, 0.25) is 0 Å². The number of hydrogen-bond donors (Lipinski definition) is 1. The van der Waals surface area contributed by atoms with E-state index >= 15 is 0 Å². The van der Waals surface area contributed by atoms with Crippen molar-refractivity contribution in [2.45, 2.75) is 0 Å². The van der Waals surface area contributed by atoms with Gasteiger partial charge in [0.15, 0.2) is 0 Å². The third-order valence-corrected chi connectivity index (χ3v) is 3.78. The molecule has 0 saturated carbocycles. The maximum absolute atomic E-state index is 11.3. The zero-order valence-electron chi connectivity index (χ0n) is 11.0. The van der Waals surface area contributed by atoms with E-state index in [2.05, 4.69) is 5.10 Å². The smallest absolute Gasteiger partial charge is 0.339 e. The van der Waals surface area contributed by atoms with Gasteiger partial charge in [0.1, 0.15) is 5.56 Å². The number of fused-ring (bicyclic) bond motifs is 1. The molecule has 0 unspecified atom stereocenters. The Kier molecular flexibility index (Phi) is 2.79. The molecule has 102 valence electrons. The van der Waals surface area contributed by atoms with E-state index in [-0.39, 0.29) is 5.56 Å². The van der Waals surface area contributed by atoms with E-state index in [0.717, 1.165) is 16.6 Å². The number of carboxylic acids is 1. The molecular formula is C14H12ClN3O2. The van der Waals surface area contributed by atoms with Crippen LogP contribution in [-0.2, 0) is 14.1 Å². The van der Waals surface area contributed by atoms with Crippen molar-refractivity contribution < 1.29 is 9.90 Å². The average Bonchev–Trinajstić information content (AvgIpc) is 2.92. The minimum Gasteiger partial charge on any atom is -0.478 e. The molecule has 2 aromatic heterocycles. The van der Waals surface area contributed by atoms with Gasteiger partial charge in [0, 0.05) is 30.0 Å². The Morgan fingerprint density at radius 1 is 1.35 bits per heavy atom. The number of nitrogens with zero attached hydrogens (tertiary/aromatic N) is 3. The lowest BCUT2D eigenvalue weighted by atomic mass is 10.2. The van der Waals surface area contributed by atoms with Gasteiger partial charge >= 0.3 is 5.97 Å². The fourth-order valence-electron chi connectivity index (χ4n) is 2.45. The largest absolute Gasteiger partial charge is 0.478 e. The lowest BCUT2D eigenvalue weighted by Gasteiger charge is -2.06. The molecule has 0 saturated heterocycles. The molecule has 0 atom stereocenters. The summed E-state index contributed by atoms with van der Waals surface area (Å²) in [5.41, 5.74) is 2.46. The minimum atomic E-state index is -0.996. The summed E-state index contributed by atoms with van der Waals surface area (Å²) in [4.78, 5) is 11.3. The van der Waals surface area contributed by atoms with Gasteiger partial charge in [-0.3, -0.25) is 4.68 Å². The van der Waals surface area contributed by atoms with Gasteiger partial charge in [-0.05, 0) is 18.2 Å². The number of carbonyl (C=O) groups is 1. The first-order chi connectivity index (χ1) is 9.50. The van der Waals surface area contributed by atoms with Crippen molar-refractivity contribution in [3.05, 3.63) is 41.0 Å². The molecule has 20 heavy (non-hydrogen) atoms. The van der Waals surface area contributed by atoms with Gasteiger partial charge < -0.3 is 9.67 Å². The van der Waals surface area contributed by atoms with Crippen LogP contribution in [0.2, 0.25) is 5.02 Å². The van der Waals surface area contributed by atoms with Crippen molar-refractivity contribution >= 4 is 28.5 Å². The lowest BCUT2D eigenvalue weighted by molar-refractivity contribution is 0.0697. The molecule has 1 aromatic carbocycles. The average molecular weight is 290 g/mol. The van der Waals surface area contributed by atoms with Crippen LogP contribution in [0.1, 0.15) is 10.4 Å². The molecule has 0 radical (unpaired) electrons. The first-order valence-corrected chi connectivity index (χ1v) is 6.38. The van der Waals surface area contributed by atoms with Gasteiger partial charge in [-0.25, -0.2) is 4.79 Å². The highest BCUT2D eigenvalue weighted by molar-refractivity contribution is 6.35. The van der Waals surface area contributed by atoms with Crippen molar-refractivity contribution in [2.75, 3.05) is 0 Å². The Balaban J connectivity index is 2.36. The first kappa shape index (κ1) is 12.7. The van der Waals surface area contributed by atoms with Crippen molar-refractivity contribution in [1.29, 1.82) is 0 Å². The Morgan fingerprint density at radius 2 is 2.10 bits per heavy atom. The summed E-state index contributed by atoms with van der Waals surface area (Å²) in [7, 11) is 3.60. The Bertz CT molecular complexity index is 832. The molecule has 0 fully saturated rings. The summed E-state index contributed by atoms with van der Waals surface area (Å²) in [5.74, 6) is -0.996. The lowest BCUT2D eigenvalue weighted by Crippen LogP contribution is -2.03. The maximum Gasteiger partial charge on any atom is 0.339 e. The predicted octanol–water partition coefficient (Wildman–Crippen LogP) is 2.93. The van der Waals surface area contributed by atoms with Gasteiger partial charge in [-0.1, -0.05) is 17.7 Å². The van der Waals surface area contributed by atoms with Crippen molar-refractivity contribution in [1.82, 2.24) is 14.3 Å². The molecule has 0 bridgehead atoms. The van der Waals surface area contributed by atoms with Gasteiger partial charge in [-0.15, -0.1) is 0 Å². The van der Waals surface area contributed by atoms with Crippen LogP contribution in [0.25, 0.3) is 22.3 Å². The second-order valence-electron chi connectivity index (χ2n) is 4.60. The van der Waals surface area contributed by atoms with Crippen LogP contribution in [0.5, 0.6) is 0 Å². The summed E-state index contributed by atoms with van der Waals surface area (Å²) < 4.78 is 3.48. The number of aromatic carboxylic acids is 1. The molecule has 0 spiro atoms. The molecule has 3 aromatic rings. The summed E-state index contributed by atoms with van der Waals surface area (Å²) >= 11 is 6.19. The summed E-state index contributed by atoms with van der Waals surface area (Å²) in [6.07, 6.45) is 1.36. The highest BCUT2D eigenvalue weighted by Crippen LogP contribution is 2.32. The first-order valence-electron chi connectivity index (χ1n) is 6.00. The SMILES string of the molecule is Cn1ncc(C(=O)O)c1-c1cc2c(Cl)cccc2n1C. The Hall–Kier alpha value is -2.27. The van der Waals surface area contributed by atoms with Crippen molar-refractivity contribution in [3.63, 3.8) is 0 Å². The molecule has 0 aliphatic carbocycles. The number of hydrogen-bond acceptors (Lipinski definition) is 2. The fraction of sp³-hybridized carbons (Fsp3) is 0.143. The monoisotopic (exact) mass is 289 g/mol. The quantitative estimate of drug-likeness (QED) is 0.789. The molecule has 0 amide bonds. The second-order valence-corrected chi connectivity index (χ2v) is 5.00. The standard InChI is InChI=1S/C14H12ClN3O2/c1-17-11-5-3-4-10(15)8(11)6-12(17)13-9(14(19)20)7-16-18(13)2/h3-7H,1-2H3,(H,19,20). The molecule has 0 aliphatic rings. The van der Waals surface area contributed by atoms with E-state index in [1.54, 1.807) is 11.7 Å². The van der Waals surface area contributed by atoms with E-state index in [1.807, 2.05) is 35.9 Å². The molecule has 3 rings (SSSR count). The van der Waals surface area contributed by atoms with Crippen LogP contribution in [0.4, 0.5) is 0 Å². The van der Waals surface area contributed by atoms with Crippen LogP contribution in [0, 0.1) is 0 Å². The second kappa shape index (κ2) is 4.38. The molecule has 6 heteroatoms. The number of carboxylic acid groups (broad SMARTS) is 1. The molecule has 1 N–H and O–H groups in total. The minimum absolute atomic E-state index is 0.175. The maximum atomic E-state index is 11.3. The summed E-state index contributed by atoms with van der Waals surface area (Å²) in [6, 6.07) is 7.52. The highest BCUT2D eigenvalue weighted by Gasteiger charge is 2.20. The van der Waals surface area contributed by atoms with E-state index in [9.17, 15) is 9.90 Å². The van der Waals surface area contributed by atoms with Crippen molar-refractivity contribution in [3.8, 4) is 11.4 Å². The molecule has 5 nitrogen and oxygen atoms in total. The van der Waals surface area contributed by atoms with Crippen LogP contribution in [0.15, 0.2) is 30.5 Å². The Morgan fingerprint density at radius 3 is 2.75 bits per heavy atom. The predicted molar refractivity (Wildman–Crippen MR) is 77.1 cm³/mol. The Labute approximate surface area is 120 Å². The molecular weight excluding hydrogens is 278 g/mol. The number of benzene rings is 1. The normalized spacial score (nSPS) is 11.2. The summed E-state index contributed by atoms with van der Waals surface area (Å²) in [6.45, 7) is 0. The third kappa shape index (κ3) is 1.71. The van der Waals surface area contributed by atoms with E-state index in [0.29, 0.717) is 10.7 Å². The number of aryl methyl sites for hydroxylation is 2. The summed E-state index contributed by atoms with van der Waals surface area (Å²) in [5, 5.41) is 14.8. The highest BCUT2D eigenvalue weighted by atomic mass is 35.5. The van der Waals surface area contributed by atoms with Gasteiger partial charge in [0.25, 0.3) is 0 Å². The topological polar surface area (TPSA) is 60.1 Å². The van der Waals surface area contributed by atoms with Gasteiger partial charge in [0.05, 0.1) is 17.6 Å². The zero-order valence-corrected chi connectivity index (χ0v) is 11.7. The van der Waals surface area contributed by atoms with E-state index in [1.165, 1.54) is 6.20 Å². The molecule has 0 aliphatic heterocycles. The number of aromatic nitrogens is 3. The van der Waals surface area contributed by atoms with Crippen LogP contribution >= 0.6 is 11.6 Å². The van der Waals surface area contributed by atoms with Crippen LogP contribution < -0.4 is 0 Å². The zero-order chi connectivity index (χ0) is 14.4. The molecule has 2 heterocycles. The number of rotatable bonds is 2. The third-order valence-electron chi connectivity index (χ3n) is 3.45. The van der Waals surface area contributed by atoms with Crippen molar-refractivity contribution in [2.24, 2.45) is 14.1 Å². The van der Waals surface area contributed by atoms with E-state index in [4.69, 9.17) is 11.6 Å². The fourth-order valence-corrected chi connectivity index (χ4v) is 2.67. The van der Waals surface area contributed by atoms with E-state index < -0.39 is 5.97 Å². The van der Waals surface area contributed by atoms with Gasteiger partial charge in [-0.2, -0.15) is 5.10 Å². The number of halogens is 1.